The maximum atomic E-state index is 7.39. The van der Waals surface area contributed by atoms with E-state index in [1.807, 2.05) is 11.3 Å². The first-order valence-corrected chi connectivity index (χ1v) is 21.6. The summed E-state index contributed by atoms with van der Waals surface area (Å²) in [5, 5.41) is 7.21. The predicted molar refractivity (Wildman–Crippen MR) is 258 cm³/mol. The van der Waals surface area contributed by atoms with Gasteiger partial charge in [-0.05, 0) is 86.7 Å². The average Bonchev–Trinajstić information content (AvgIpc) is 3.70. The van der Waals surface area contributed by atoms with E-state index in [0.29, 0.717) is 0 Å². The van der Waals surface area contributed by atoms with Crippen LogP contribution in [0.4, 0.5) is 17.1 Å². The van der Waals surface area contributed by atoms with Crippen molar-refractivity contribution in [2.45, 2.75) is 0 Å². The molecule has 1 aromatic heterocycles. The third-order valence-corrected chi connectivity index (χ3v) is 13.7. The summed E-state index contributed by atoms with van der Waals surface area (Å²) < 4.78 is 17.3. The third kappa shape index (κ3) is 5.24. The van der Waals surface area contributed by atoms with Gasteiger partial charge in [-0.2, -0.15) is 0 Å². The van der Waals surface area contributed by atoms with Crippen molar-refractivity contribution in [3.63, 3.8) is 0 Å². The zero-order valence-electron chi connectivity index (χ0n) is 32.9. The number of thiophene rings is 1. The maximum absolute atomic E-state index is 7.39. The Hall–Kier alpha value is -7.60. The smallest absolute Gasteiger partial charge is 0.261 e. The molecule has 0 spiro atoms. The Morgan fingerprint density at radius 3 is 1.62 bits per heavy atom. The molecule has 2 aliphatic rings. The van der Waals surface area contributed by atoms with Crippen LogP contribution >= 0.6 is 11.3 Å². The number of hydrogen-bond donors (Lipinski definition) is 0. The molecule has 3 heterocycles. The first-order chi connectivity index (χ1) is 30.3. The summed E-state index contributed by atoms with van der Waals surface area (Å²) in [6.07, 6.45) is 0. The van der Waals surface area contributed by atoms with Gasteiger partial charge in [-0.25, -0.2) is 0 Å². The van der Waals surface area contributed by atoms with Crippen molar-refractivity contribution in [1.82, 2.24) is 0 Å². The number of anilines is 3. The SMILES string of the molecule is c1ccc(-c2cc(-c3ccccc3)c3c4c2Oc2cc(N(c5ccccc5)c5ccc6sc7ccccc7c6c5)ccc2B4c2c(c4ccccc4c4ccccc24)O3)cc1. The minimum absolute atomic E-state index is 0.175. The minimum Gasteiger partial charge on any atom is -0.458 e. The van der Waals surface area contributed by atoms with Gasteiger partial charge < -0.3 is 14.4 Å². The fourth-order valence-corrected chi connectivity index (χ4v) is 11.0. The summed E-state index contributed by atoms with van der Waals surface area (Å²) in [4.78, 5) is 2.36. The van der Waals surface area contributed by atoms with Gasteiger partial charge in [-0.1, -0.05) is 152 Å². The van der Waals surface area contributed by atoms with Gasteiger partial charge in [-0.3, -0.25) is 0 Å². The summed E-state index contributed by atoms with van der Waals surface area (Å²) >= 11 is 1.84. The second-order valence-corrected chi connectivity index (χ2v) is 17.0. The van der Waals surface area contributed by atoms with E-state index in [-0.39, 0.29) is 6.71 Å². The summed E-state index contributed by atoms with van der Waals surface area (Å²) in [6, 6.07) is 74.1. The van der Waals surface area contributed by atoms with Gasteiger partial charge in [0.25, 0.3) is 6.71 Å². The van der Waals surface area contributed by atoms with Gasteiger partial charge in [0.2, 0.25) is 0 Å². The molecule has 61 heavy (non-hydrogen) atoms. The lowest BCUT2D eigenvalue weighted by Crippen LogP contribution is -2.58. The van der Waals surface area contributed by atoms with Gasteiger partial charge in [0.15, 0.2) is 0 Å². The van der Waals surface area contributed by atoms with Crippen LogP contribution in [-0.4, -0.2) is 6.71 Å². The van der Waals surface area contributed by atoms with Crippen molar-refractivity contribution in [3.05, 3.63) is 206 Å². The normalized spacial score (nSPS) is 12.5. The van der Waals surface area contributed by atoms with Crippen LogP contribution < -0.4 is 30.8 Å². The Morgan fingerprint density at radius 1 is 0.361 bits per heavy atom. The van der Waals surface area contributed by atoms with Crippen LogP contribution in [0.25, 0.3) is 64.0 Å². The van der Waals surface area contributed by atoms with Crippen LogP contribution in [0.5, 0.6) is 23.0 Å². The van der Waals surface area contributed by atoms with Crippen molar-refractivity contribution >= 4 is 93.2 Å². The van der Waals surface area contributed by atoms with E-state index >= 15 is 0 Å². The standard InChI is InChI=1S/C56H34BNO2S/c1-4-16-35(17-5-1)45-34-46(36-18-6-2-7-19-36)56-53-55(45)59-49-33-39(58(37-20-8-3-9-21-37)38-29-31-51-47(32-38)42-24-14-15-27-50(42)61-51)28-30-48(49)57(53)52-43-25-12-10-22-40(43)41-23-11-13-26-44(41)54(52)60-56/h1-34H. The highest BCUT2D eigenvalue weighted by Gasteiger charge is 2.44. The van der Waals surface area contributed by atoms with Crippen LogP contribution in [0.2, 0.25) is 0 Å². The van der Waals surface area contributed by atoms with Crippen molar-refractivity contribution in [2.24, 2.45) is 0 Å². The highest BCUT2D eigenvalue weighted by atomic mass is 32.1. The van der Waals surface area contributed by atoms with Crippen LogP contribution in [0.3, 0.4) is 0 Å². The number of fused-ring (bicyclic) bond motifs is 12. The van der Waals surface area contributed by atoms with Crippen LogP contribution in [-0.2, 0) is 0 Å². The monoisotopic (exact) mass is 795 g/mol. The molecule has 0 saturated carbocycles. The second kappa shape index (κ2) is 13.5. The van der Waals surface area contributed by atoms with Crippen LogP contribution in [0.15, 0.2) is 206 Å². The van der Waals surface area contributed by atoms with Crippen LogP contribution in [0.1, 0.15) is 0 Å². The van der Waals surface area contributed by atoms with Crippen molar-refractivity contribution in [2.75, 3.05) is 4.90 Å². The van der Waals surface area contributed by atoms with Crippen molar-refractivity contribution in [3.8, 4) is 45.3 Å². The Balaban J connectivity index is 1.10. The highest BCUT2D eigenvalue weighted by Crippen LogP contribution is 2.49. The number of rotatable bonds is 5. The Morgan fingerprint density at radius 2 is 0.902 bits per heavy atom. The molecule has 0 amide bonds. The molecule has 5 heteroatoms. The lowest BCUT2D eigenvalue weighted by Gasteiger charge is -2.37. The number of nitrogens with zero attached hydrogens (tertiary/aromatic N) is 1. The summed E-state index contributed by atoms with van der Waals surface area (Å²) in [6.45, 7) is -0.175. The van der Waals surface area contributed by atoms with Gasteiger partial charge in [0.05, 0.1) is 0 Å². The second-order valence-electron chi connectivity index (χ2n) is 15.9. The lowest BCUT2D eigenvalue weighted by molar-refractivity contribution is 0.469. The molecule has 0 N–H and O–H groups in total. The molecule has 0 saturated heterocycles. The van der Waals surface area contributed by atoms with E-state index in [2.05, 4.69) is 211 Å². The van der Waals surface area contributed by atoms with E-state index < -0.39 is 0 Å². The Labute approximate surface area is 357 Å². The summed E-state index contributed by atoms with van der Waals surface area (Å²) in [7, 11) is 0. The fraction of sp³-hybridized carbons (Fsp3) is 0. The Bertz CT molecular complexity index is 3550. The van der Waals surface area contributed by atoms with Crippen molar-refractivity contribution in [1.29, 1.82) is 0 Å². The maximum Gasteiger partial charge on any atom is 0.261 e. The van der Waals surface area contributed by atoms with E-state index in [0.717, 1.165) is 78.6 Å². The topological polar surface area (TPSA) is 21.7 Å². The quantitative estimate of drug-likeness (QED) is 0.128. The fourth-order valence-electron chi connectivity index (χ4n) is 9.88. The van der Waals surface area contributed by atoms with E-state index in [1.54, 1.807) is 0 Å². The average molecular weight is 796 g/mol. The number of ether oxygens (including phenoxy) is 2. The first kappa shape index (κ1) is 34.3. The summed E-state index contributed by atoms with van der Waals surface area (Å²) in [5.41, 5.74) is 10.8. The molecular formula is C56H34BNO2S. The van der Waals surface area contributed by atoms with E-state index in [1.165, 1.54) is 41.8 Å². The molecule has 0 radical (unpaired) electrons. The largest absolute Gasteiger partial charge is 0.458 e. The molecule has 10 aromatic carbocycles. The number of benzene rings is 10. The molecule has 3 nitrogen and oxygen atoms in total. The molecule has 0 aliphatic carbocycles. The van der Waals surface area contributed by atoms with Crippen molar-refractivity contribution < 1.29 is 9.47 Å². The third-order valence-electron chi connectivity index (χ3n) is 12.6. The first-order valence-electron chi connectivity index (χ1n) is 20.8. The molecule has 11 aromatic rings. The zero-order valence-corrected chi connectivity index (χ0v) is 33.7. The highest BCUT2D eigenvalue weighted by molar-refractivity contribution is 7.25. The number of hydrogen-bond acceptors (Lipinski definition) is 4. The molecule has 2 aliphatic heterocycles. The zero-order chi connectivity index (χ0) is 40.0. The van der Waals surface area contributed by atoms with Gasteiger partial charge in [-0.15, -0.1) is 11.3 Å². The van der Waals surface area contributed by atoms with E-state index in [4.69, 9.17) is 9.47 Å². The molecule has 284 valence electrons. The minimum atomic E-state index is -0.175. The lowest BCUT2D eigenvalue weighted by atomic mass is 9.34. The molecule has 13 rings (SSSR count). The van der Waals surface area contributed by atoms with E-state index in [9.17, 15) is 0 Å². The summed E-state index contributed by atoms with van der Waals surface area (Å²) in [5.74, 6) is 3.41. The van der Waals surface area contributed by atoms with Gasteiger partial charge in [0, 0.05) is 65.3 Å². The molecular weight excluding hydrogens is 761 g/mol. The molecule has 0 atom stereocenters. The Kier molecular flexibility index (Phi) is 7.57. The predicted octanol–water partition coefficient (Wildman–Crippen LogP) is 13.9. The molecule has 0 bridgehead atoms. The van der Waals surface area contributed by atoms with Gasteiger partial charge in [0.1, 0.15) is 23.0 Å². The molecule has 0 fully saturated rings. The van der Waals surface area contributed by atoms with Crippen LogP contribution in [0, 0.1) is 0 Å². The van der Waals surface area contributed by atoms with Gasteiger partial charge >= 0.3 is 0 Å². The number of para-hydroxylation sites is 1. The molecule has 0 unspecified atom stereocenters.